The van der Waals surface area contributed by atoms with Gasteiger partial charge in [0.15, 0.2) is 0 Å². The molecule has 0 spiro atoms. The number of nitrogens with zero attached hydrogens (tertiary/aromatic N) is 3. The van der Waals surface area contributed by atoms with Crippen molar-refractivity contribution < 1.29 is 4.79 Å². The van der Waals surface area contributed by atoms with E-state index in [1.54, 1.807) is 23.1 Å². The molecule has 138 valence electrons. The van der Waals surface area contributed by atoms with E-state index in [2.05, 4.69) is 10.3 Å². The summed E-state index contributed by atoms with van der Waals surface area (Å²) in [6.07, 6.45) is 3.44. The number of aromatic nitrogens is 3. The summed E-state index contributed by atoms with van der Waals surface area (Å²) in [6, 6.07) is 23.5. The van der Waals surface area contributed by atoms with Gasteiger partial charge in [0.1, 0.15) is 11.5 Å². The number of rotatable bonds is 5. The molecule has 0 atom stereocenters. The normalized spacial score (nSPS) is 10.6. The van der Waals surface area contributed by atoms with E-state index in [1.165, 1.54) is 0 Å². The largest absolute Gasteiger partial charge is 0.306 e. The summed E-state index contributed by atoms with van der Waals surface area (Å²) in [4.78, 5) is 17.1. The monoisotopic (exact) mass is 368 g/mol. The fourth-order valence-corrected chi connectivity index (χ4v) is 2.98. The van der Waals surface area contributed by atoms with Gasteiger partial charge in [-0.2, -0.15) is 5.10 Å². The second-order valence-corrected chi connectivity index (χ2v) is 6.61. The number of carbonyl (C=O) groups is 1. The van der Waals surface area contributed by atoms with Crippen LogP contribution in [0.3, 0.4) is 0 Å². The van der Waals surface area contributed by atoms with Crippen molar-refractivity contribution in [1.29, 1.82) is 0 Å². The highest BCUT2D eigenvalue weighted by Gasteiger charge is 2.18. The second kappa shape index (κ2) is 7.88. The molecule has 2 aromatic heterocycles. The Hall–Kier alpha value is -3.73. The van der Waals surface area contributed by atoms with Crippen LogP contribution in [0, 0.1) is 6.92 Å². The smallest absolute Gasteiger partial charge is 0.260 e. The van der Waals surface area contributed by atoms with Crippen LogP contribution >= 0.6 is 0 Å². The summed E-state index contributed by atoms with van der Waals surface area (Å²) in [7, 11) is 0. The number of anilines is 1. The Kier molecular flexibility index (Phi) is 4.97. The van der Waals surface area contributed by atoms with E-state index in [0.717, 1.165) is 16.7 Å². The van der Waals surface area contributed by atoms with E-state index in [4.69, 9.17) is 5.10 Å². The van der Waals surface area contributed by atoms with Crippen molar-refractivity contribution in [2.45, 2.75) is 13.5 Å². The van der Waals surface area contributed by atoms with Crippen LogP contribution in [0.4, 0.5) is 5.82 Å². The maximum atomic E-state index is 12.9. The standard InChI is InChI=1S/C23H20N4O/c1-17-10-12-19(13-11-17)22-20(23(28)25-21-9-5-6-14-24-21)16-27(26-22)15-18-7-3-2-4-8-18/h2-14,16H,15H2,1H3,(H,24,25,28). The molecule has 0 aliphatic heterocycles. The van der Waals surface area contributed by atoms with Crippen LogP contribution in [0.2, 0.25) is 0 Å². The number of carbonyl (C=O) groups excluding carboxylic acids is 1. The summed E-state index contributed by atoms with van der Waals surface area (Å²) in [5.74, 6) is 0.284. The molecule has 5 nitrogen and oxygen atoms in total. The highest BCUT2D eigenvalue weighted by atomic mass is 16.1. The quantitative estimate of drug-likeness (QED) is 0.562. The molecule has 0 fully saturated rings. The molecule has 0 saturated heterocycles. The van der Waals surface area contributed by atoms with Gasteiger partial charge >= 0.3 is 0 Å². The number of amides is 1. The lowest BCUT2D eigenvalue weighted by molar-refractivity contribution is 0.102. The lowest BCUT2D eigenvalue weighted by atomic mass is 10.1. The Balaban J connectivity index is 1.70. The Morgan fingerprint density at radius 2 is 1.71 bits per heavy atom. The first-order chi connectivity index (χ1) is 13.7. The molecular formula is C23H20N4O. The molecule has 0 bridgehead atoms. The molecule has 0 unspecified atom stereocenters. The molecule has 4 rings (SSSR count). The van der Waals surface area contributed by atoms with Crippen LogP contribution in [-0.2, 0) is 6.54 Å². The van der Waals surface area contributed by atoms with E-state index in [1.807, 2.05) is 73.7 Å². The van der Waals surface area contributed by atoms with Crippen LogP contribution in [0.5, 0.6) is 0 Å². The van der Waals surface area contributed by atoms with Gasteiger partial charge in [-0.25, -0.2) is 4.98 Å². The van der Waals surface area contributed by atoms with Crippen molar-refractivity contribution >= 4 is 11.7 Å². The van der Waals surface area contributed by atoms with Gasteiger partial charge in [-0.1, -0.05) is 66.2 Å². The third kappa shape index (κ3) is 3.99. The van der Waals surface area contributed by atoms with Crippen molar-refractivity contribution in [3.8, 4) is 11.3 Å². The zero-order valence-corrected chi connectivity index (χ0v) is 15.5. The molecule has 1 N–H and O–H groups in total. The third-order valence-corrected chi connectivity index (χ3v) is 4.43. The molecule has 2 heterocycles. The van der Waals surface area contributed by atoms with Gasteiger partial charge in [-0.05, 0) is 24.6 Å². The van der Waals surface area contributed by atoms with Crippen LogP contribution < -0.4 is 5.32 Å². The summed E-state index contributed by atoms with van der Waals surface area (Å²) >= 11 is 0. The fourth-order valence-electron chi connectivity index (χ4n) is 2.98. The van der Waals surface area contributed by atoms with E-state index >= 15 is 0 Å². The van der Waals surface area contributed by atoms with Crippen LogP contribution in [-0.4, -0.2) is 20.7 Å². The van der Waals surface area contributed by atoms with Gasteiger partial charge in [0.2, 0.25) is 0 Å². The summed E-state index contributed by atoms with van der Waals surface area (Å²) in [6.45, 7) is 2.63. The molecule has 5 heteroatoms. The molecule has 1 amide bonds. The summed E-state index contributed by atoms with van der Waals surface area (Å²) in [5, 5.41) is 7.56. The predicted octanol–water partition coefficient (Wildman–Crippen LogP) is 4.55. The zero-order valence-electron chi connectivity index (χ0n) is 15.5. The van der Waals surface area contributed by atoms with Crippen molar-refractivity contribution in [2.75, 3.05) is 5.32 Å². The number of benzene rings is 2. The van der Waals surface area contributed by atoms with Crippen molar-refractivity contribution in [1.82, 2.24) is 14.8 Å². The number of hydrogen-bond donors (Lipinski definition) is 1. The highest BCUT2D eigenvalue weighted by molar-refractivity contribution is 6.07. The second-order valence-electron chi connectivity index (χ2n) is 6.61. The average molecular weight is 368 g/mol. The number of hydrogen-bond acceptors (Lipinski definition) is 3. The first kappa shape index (κ1) is 17.7. The predicted molar refractivity (Wildman–Crippen MR) is 110 cm³/mol. The summed E-state index contributed by atoms with van der Waals surface area (Å²) in [5.41, 5.74) is 4.36. The van der Waals surface area contributed by atoms with E-state index in [9.17, 15) is 4.79 Å². The maximum absolute atomic E-state index is 12.9. The SMILES string of the molecule is Cc1ccc(-c2nn(Cc3ccccc3)cc2C(=O)Nc2ccccn2)cc1. The third-order valence-electron chi connectivity index (χ3n) is 4.43. The lowest BCUT2D eigenvalue weighted by Crippen LogP contribution is -2.13. The fraction of sp³-hybridized carbons (Fsp3) is 0.0870. The van der Waals surface area contributed by atoms with E-state index in [-0.39, 0.29) is 5.91 Å². The first-order valence-corrected chi connectivity index (χ1v) is 9.10. The molecule has 0 aliphatic carbocycles. The molecule has 0 radical (unpaired) electrons. The van der Waals surface area contributed by atoms with Crippen molar-refractivity contribution in [3.05, 3.63) is 102 Å². The minimum absolute atomic E-state index is 0.228. The van der Waals surface area contributed by atoms with Crippen LogP contribution in [0.25, 0.3) is 11.3 Å². The van der Waals surface area contributed by atoms with E-state index < -0.39 is 0 Å². The average Bonchev–Trinajstić information content (AvgIpc) is 3.14. The lowest BCUT2D eigenvalue weighted by Gasteiger charge is -2.04. The number of pyridine rings is 1. The molecule has 0 aliphatic rings. The first-order valence-electron chi connectivity index (χ1n) is 9.10. The van der Waals surface area contributed by atoms with Gasteiger partial charge in [0.25, 0.3) is 5.91 Å². The Morgan fingerprint density at radius 3 is 2.43 bits per heavy atom. The van der Waals surface area contributed by atoms with E-state index in [0.29, 0.717) is 23.6 Å². The Bertz CT molecular complexity index is 1070. The molecule has 28 heavy (non-hydrogen) atoms. The van der Waals surface area contributed by atoms with Crippen molar-refractivity contribution in [3.63, 3.8) is 0 Å². The van der Waals surface area contributed by atoms with Gasteiger partial charge in [0.05, 0.1) is 12.1 Å². The minimum atomic E-state index is -0.228. The highest BCUT2D eigenvalue weighted by Crippen LogP contribution is 2.24. The van der Waals surface area contributed by atoms with Gasteiger partial charge in [0, 0.05) is 18.0 Å². The molecule has 2 aromatic carbocycles. The summed E-state index contributed by atoms with van der Waals surface area (Å²) < 4.78 is 1.80. The van der Waals surface area contributed by atoms with Crippen LogP contribution in [0.15, 0.2) is 85.2 Å². The van der Waals surface area contributed by atoms with Gasteiger partial charge in [-0.3, -0.25) is 9.48 Å². The van der Waals surface area contributed by atoms with Crippen LogP contribution in [0.1, 0.15) is 21.5 Å². The Morgan fingerprint density at radius 1 is 0.964 bits per heavy atom. The van der Waals surface area contributed by atoms with Gasteiger partial charge < -0.3 is 5.32 Å². The molecule has 4 aromatic rings. The minimum Gasteiger partial charge on any atom is -0.306 e. The molecular weight excluding hydrogens is 348 g/mol. The topological polar surface area (TPSA) is 59.8 Å². The number of aryl methyl sites for hydroxylation is 1. The maximum Gasteiger partial charge on any atom is 0.260 e. The Labute approximate surface area is 163 Å². The van der Waals surface area contributed by atoms with Gasteiger partial charge in [-0.15, -0.1) is 0 Å². The molecule has 0 saturated carbocycles. The zero-order chi connectivity index (χ0) is 19.3. The number of nitrogens with one attached hydrogen (secondary N) is 1. The van der Waals surface area contributed by atoms with Crippen molar-refractivity contribution in [2.24, 2.45) is 0 Å².